The molecule has 1 heterocycles. The quantitative estimate of drug-likeness (QED) is 0.744. The van der Waals surface area contributed by atoms with Crippen LogP contribution < -0.4 is 11.1 Å². The number of hydrogen-bond acceptors (Lipinski definition) is 3. The minimum Gasteiger partial charge on any atom is -0.377 e. The molecule has 3 heteroatoms. The molecule has 1 unspecified atom stereocenters. The van der Waals surface area contributed by atoms with Crippen LogP contribution in [0.25, 0.3) is 0 Å². The molecule has 2 aliphatic rings. The van der Waals surface area contributed by atoms with E-state index in [0.29, 0.717) is 6.54 Å². The zero-order valence-electron chi connectivity index (χ0n) is 10.6. The Hall–Kier alpha value is -1.61. The zero-order valence-corrected chi connectivity index (χ0v) is 10.6. The highest BCUT2D eigenvalue weighted by atomic mass is 16.1. The average molecular weight is 244 g/mol. The lowest BCUT2D eigenvalue weighted by Crippen LogP contribution is -2.29. The first-order valence-electron chi connectivity index (χ1n) is 6.57. The van der Waals surface area contributed by atoms with Crippen molar-refractivity contribution >= 4 is 5.78 Å². The van der Waals surface area contributed by atoms with Gasteiger partial charge in [-0.25, -0.2) is 0 Å². The molecule has 3 N–H and O–H groups in total. The SMILES string of the molecule is NCCCCC1NC2=C(C=C/C=C\C=C/C2)C1=O. The maximum atomic E-state index is 12.3. The van der Waals surface area contributed by atoms with Gasteiger partial charge in [0.2, 0.25) is 0 Å². The van der Waals surface area contributed by atoms with Gasteiger partial charge in [0, 0.05) is 17.7 Å². The van der Waals surface area contributed by atoms with Crippen LogP contribution in [0, 0.1) is 0 Å². The van der Waals surface area contributed by atoms with E-state index >= 15 is 0 Å². The van der Waals surface area contributed by atoms with Gasteiger partial charge in [0.1, 0.15) is 0 Å². The van der Waals surface area contributed by atoms with Crippen molar-refractivity contribution in [2.24, 2.45) is 5.73 Å². The third-order valence-corrected chi connectivity index (χ3v) is 3.26. The van der Waals surface area contributed by atoms with Gasteiger partial charge in [-0.05, 0) is 31.9 Å². The predicted molar refractivity (Wildman–Crippen MR) is 73.9 cm³/mol. The summed E-state index contributed by atoms with van der Waals surface area (Å²) in [6.07, 6.45) is 15.5. The van der Waals surface area contributed by atoms with Crippen LogP contribution in [-0.2, 0) is 4.79 Å². The van der Waals surface area contributed by atoms with Gasteiger partial charge < -0.3 is 11.1 Å². The van der Waals surface area contributed by atoms with E-state index in [4.69, 9.17) is 5.73 Å². The van der Waals surface area contributed by atoms with E-state index in [-0.39, 0.29) is 11.8 Å². The Morgan fingerprint density at radius 1 is 1.22 bits per heavy atom. The number of hydrogen-bond donors (Lipinski definition) is 2. The molecule has 1 aliphatic carbocycles. The molecule has 1 aliphatic heterocycles. The van der Waals surface area contributed by atoms with Gasteiger partial charge in [-0.2, -0.15) is 0 Å². The molecule has 96 valence electrons. The van der Waals surface area contributed by atoms with Crippen molar-refractivity contribution < 1.29 is 4.79 Å². The lowest BCUT2D eigenvalue weighted by molar-refractivity contribution is -0.116. The second kappa shape index (κ2) is 6.36. The molecule has 2 rings (SSSR count). The Bertz CT molecular complexity index is 430. The zero-order chi connectivity index (χ0) is 12.8. The molecule has 0 saturated heterocycles. The van der Waals surface area contributed by atoms with E-state index in [0.717, 1.165) is 37.0 Å². The number of nitrogens with two attached hydrogens (primary N) is 1. The summed E-state index contributed by atoms with van der Waals surface area (Å²) in [4.78, 5) is 12.3. The standard InChI is InChI=1S/C15H20N2O/c16-11-7-6-10-14-15(18)12-8-4-2-1-3-5-9-13(12)17-14/h1-5,8,14,17H,6-7,9-11,16H2/b2-1-,5-3-,8-4?. The highest BCUT2D eigenvalue weighted by Gasteiger charge is 2.29. The molecule has 0 amide bonds. The van der Waals surface area contributed by atoms with Gasteiger partial charge in [0.15, 0.2) is 5.78 Å². The number of Topliss-reactive ketones (excluding diaryl/α,β-unsaturated/α-hetero) is 1. The molecular weight excluding hydrogens is 224 g/mol. The molecule has 0 spiro atoms. The summed E-state index contributed by atoms with van der Waals surface area (Å²) in [5.41, 5.74) is 7.37. The average Bonchev–Trinajstić information content (AvgIpc) is 2.71. The molecule has 0 aromatic heterocycles. The molecule has 1 atom stereocenters. The Balaban J connectivity index is 2.05. The number of carbonyl (C=O) groups is 1. The van der Waals surface area contributed by atoms with Crippen LogP contribution in [0.1, 0.15) is 25.7 Å². The molecule has 3 nitrogen and oxygen atoms in total. The highest BCUT2D eigenvalue weighted by molar-refractivity contribution is 6.05. The number of unbranched alkanes of at least 4 members (excludes halogenated alkanes) is 1. The fourth-order valence-corrected chi connectivity index (χ4v) is 2.28. The molecule has 18 heavy (non-hydrogen) atoms. The van der Waals surface area contributed by atoms with Crippen LogP contribution in [0.5, 0.6) is 0 Å². The van der Waals surface area contributed by atoms with Crippen LogP contribution in [-0.4, -0.2) is 18.4 Å². The van der Waals surface area contributed by atoms with E-state index < -0.39 is 0 Å². The number of carbonyl (C=O) groups excluding carboxylic acids is 1. The summed E-state index contributed by atoms with van der Waals surface area (Å²) in [6.45, 7) is 0.696. The van der Waals surface area contributed by atoms with Crippen molar-refractivity contribution in [3.63, 3.8) is 0 Å². The van der Waals surface area contributed by atoms with Crippen LogP contribution >= 0.6 is 0 Å². The van der Waals surface area contributed by atoms with Gasteiger partial charge in [-0.3, -0.25) is 4.79 Å². The van der Waals surface area contributed by atoms with Gasteiger partial charge in [-0.15, -0.1) is 0 Å². The molecule has 0 saturated carbocycles. The summed E-state index contributed by atoms with van der Waals surface area (Å²) in [6, 6.07) is -0.0528. The van der Waals surface area contributed by atoms with Crippen LogP contribution in [0.4, 0.5) is 0 Å². The van der Waals surface area contributed by atoms with E-state index in [1.807, 2.05) is 30.4 Å². The van der Waals surface area contributed by atoms with Crippen LogP contribution in [0.3, 0.4) is 0 Å². The van der Waals surface area contributed by atoms with Crippen molar-refractivity contribution in [1.29, 1.82) is 0 Å². The third-order valence-electron chi connectivity index (χ3n) is 3.26. The fourth-order valence-electron chi connectivity index (χ4n) is 2.28. The molecule has 0 fully saturated rings. The topological polar surface area (TPSA) is 55.1 Å². The van der Waals surface area contributed by atoms with E-state index in [2.05, 4.69) is 11.4 Å². The van der Waals surface area contributed by atoms with Crippen molar-refractivity contribution in [3.8, 4) is 0 Å². The number of allylic oxidation sites excluding steroid dienone is 6. The number of rotatable bonds is 4. The van der Waals surface area contributed by atoms with Crippen molar-refractivity contribution in [2.75, 3.05) is 6.54 Å². The number of nitrogens with one attached hydrogen (secondary N) is 1. The minimum absolute atomic E-state index is 0.0528. The normalized spacial score (nSPS) is 26.1. The molecule has 0 aromatic carbocycles. The molecule has 0 bridgehead atoms. The van der Waals surface area contributed by atoms with Gasteiger partial charge in [0.25, 0.3) is 0 Å². The number of ketones is 1. The Morgan fingerprint density at radius 3 is 2.89 bits per heavy atom. The molecule has 0 aromatic rings. The second-order valence-electron chi connectivity index (χ2n) is 4.61. The lowest BCUT2D eigenvalue weighted by atomic mass is 10.0. The monoisotopic (exact) mass is 244 g/mol. The molecular formula is C15H20N2O. The first-order valence-corrected chi connectivity index (χ1v) is 6.57. The van der Waals surface area contributed by atoms with Crippen molar-refractivity contribution in [3.05, 3.63) is 47.7 Å². The summed E-state index contributed by atoms with van der Waals surface area (Å²) in [5, 5.41) is 3.36. The predicted octanol–water partition coefficient (Wildman–Crippen LogP) is 1.98. The molecule has 0 radical (unpaired) electrons. The smallest absolute Gasteiger partial charge is 0.186 e. The second-order valence-corrected chi connectivity index (χ2v) is 4.61. The van der Waals surface area contributed by atoms with E-state index in [1.54, 1.807) is 0 Å². The largest absolute Gasteiger partial charge is 0.377 e. The maximum absolute atomic E-state index is 12.3. The van der Waals surface area contributed by atoms with Crippen molar-refractivity contribution in [1.82, 2.24) is 5.32 Å². The first-order chi connectivity index (χ1) is 8.83. The summed E-state index contributed by atoms with van der Waals surface area (Å²) in [5.74, 6) is 0.224. The maximum Gasteiger partial charge on any atom is 0.186 e. The summed E-state index contributed by atoms with van der Waals surface area (Å²) >= 11 is 0. The fraction of sp³-hybridized carbons (Fsp3) is 0.400. The van der Waals surface area contributed by atoms with E-state index in [9.17, 15) is 4.79 Å². The van der Waals surface area contributed by atoms with Crippen LogP contribution in [0.15, 0.2) is 47.7 Å². The van der Waals surface area contributed by atoms with Crippen LogP contribution in [0.2, 0.25) is 0 Å². The Morgan fingerprint density at radius 2 is 2.06 bits per heavy atom. The minimum atomic E-state index is -0.0528. The summed E-state index contributed by atoms with van der Waals surface area (Å²) in [7, 11) is 0. The highest BCUT2D eigenvalue weighted by Crippen LogP contribution is 2.23. The van der Waals surface area contributed by atoms with Gasteiger partial charge >= 0.3 is 0 Å². The lowest BCUT2D eigenvalue weighted by Gasteiger charge is -2.11. The summed E-state index contributed by atoms with van der Waals surface area (Å²) < 4.78 is 0. The first kappa shape index (κ1) is 12.8. The van der Waals surface area contributed by atoms with Crippen molar-refractivity contribution in [2.45, 2.75) is 31.7 Å². The van der Waals surface area contributed by atoms with Gasteiger partial charge in [-0.1, -0.05) is 30.4 Å². The third kappa shape index (κ3) is 2.99. The van der Waals surface area contributed by atoms with Gasteiger partial charge in [0.05, 0.1) is 6.04 Å². The Kier molecular flexibility index (Phi) is 4.53. The van der Waals surface area contributed by atoms with E-state index in [1.165, 1.54) is 0 Å². The Labute approximate surface area is 108 Å².